The average molecular weight is 250 g/mol. The van der Waals surface area contributed by atoms with Crippen molar-refractivity contribution in [3.05, 3.63) is 29.3 Å². The van der Waals surface area contributed by atoms with Crippen LogP contribution in [0, 0.1) is 0 Å². The smallest absolute Gasteiger partial charge is 0.251 e. The van der Waals surface area contributed by atoms with E-state index in [1.807, 2.05) is 12.1 Å². The van der Waals surface area contributed by atoms with E-state index in [2.05, 4.69) is 10.6 Å². The lowest BCUT2D eigenvalue weighted by molar-refractivity contribution is 0.0801. The fraction of sp³-hybridized carbons (Fsp3) is 0.462. The molecule has 1 aromatic rings. The van der Waals surface area contributed by atoms with Gasteiger partial charge in [0.25, 0.3) is 5.91 Å². The van der Waals surface area contributed by atoms with Crippen LogP contribution in [-0.4, -0.2) is 41.9 Å². The summed E-state index contributed by atoms with van der Waals surface area (Å²) < 4.78 is 0. The molecule has 0 spiro atoms. The third kappa shape index (κ3) is 2.80. The molecule has 0 aromatic heterocycles. The van der Waals surface area contributed by atoms with E-state index in [9.17, 15) is 9.90 Å². The molecule has 1 aromatic carbocycles. The molecule has 4 N–H and O–H groups in total. The molecule has 1 heterocycles. The number of hydrogen-bond acceptors (Lipinski definition) is 4. The Labute approximate surface area is 106 Å². The fourth-order valence-electron chi connectivity index (χ4n) is 2.09. The number of nitrogens with one attached hydrogen (secondary N) is 2. The first kappa shape index (κ1) is 12.9. The van der Waals surface area contributed by atoms with E-state index < -0.39 is 6.10 Å². The zero-order chi connectivity index (χ0) is 13.0. The molecule has 2 rings (SSSR count). The first-order valence-corrected chi connectivity index (χ1v) is 6.15. The maximum Gasteiger partial charge on any atom is 0.251 e. The van der Waals surface area contributed by atoms with Crippen molar-refractivity contribution in [3.63, 3.8) is 0 Å². The Bertz CT molecular complexity index is 434. The molecule has 0 fully saturated rings. The van der Waals surface area contributed by atoms with Gasteiger partial charge in [-0.15, -0.1) is 0 Å². The molecule has 0 saturated heterocycles. The molecule has 0 radical (unpaired) electrons. The van der Waals surface area contributed by atoms with E-state index in [-0.39, 0.29) is 19.1 Å². The highest BCUT2D eigenvalue weighted by Gasteiger charge is 2.17. The predicted octanol–water partition coefficient (Wildman–Crippen LogP) is 0.128. The highest BCUT2D eigenvalue weighted by atomic mass is 16.3. The number of anilines is 1. The molecule has 98 valence electrons. The summed E-state index contributed by atoms with van der Waals surface area (Å²) in [5.74, 6) is -0.206. The Morgan fingerprint density at radius 2 is 2.33 bits per heavy atom. The minimum absolute atomic E-state index is 0.0619. The lowest BCUT2D eigenvalue weighted by Crippen LogP contribution is -2.34. The van der Waals surface area contributed by atoms with Crippen molar-refractivity contribution in [2.45, 2.75) is 18.9 Å². The molecule has 1 aliphatic heterocycles. The van der Waals surface area contributed by atoms with E-state index in [1.165, 1.54) is 0 Å². The Kier molecular flexibility index (Phi) is 4.17. The van der Waals surface area contributed by atoms with Gasteiger partial charge < -0.3 is 20.8 Å². The average Bonchev–Trinajstić information content (AvgIpc) is 2.43. The molecule has 0 bridgehead atoms. The van der Waals surface area contributed by atoms with Gasteiger partial charge in [0.1, 0.15) is 0 Å². The lowest BCUT2D eigenvalue weighted by atomic mass is 9.97. The first-order valence-electron chi connectivity index (χ1n) is 6.15. The molecule has 0 saturated carbocycles. The van der Waals surface area contributed by atoms with Crippen molar-refractivity contribution in [2.24, 2.45) is 0 Å². The monoisotopic (exact) mass is 250 g/mol. The fourth-order valence-corrected chi connectivity index (χ4v) is 2.09. The standard InChI is InChI=1S/C13H18N2O3/c16-8-9(17)7-15-13(18)11-3-1-5-12-10(11)4-2-6-14-12/h1,3,5,9,14,16-17H,2,4,6-8H2,(H,15,18). The van der Waals surface area contributed by atoms with Gasteiger partial charge in [0.05, 0.1) is 12.7 Å². The molecule has 5 heteroatoms. The van der Waals surface area contributed by atoms with Crippen LogP contribution in [0.5, 0.6) is 0 Å². The van der Waals surface area contributed by atoms with Gasteiger partial charge >= 0.3 is 0 Å². The van der Waals surface area contributed by atoms with Crippen molar-refractivity contribution < 1.29 is 15.0 Å². The largest absolute Gasteiger partial charge is 0.394 e. The van der Waals surface area contributed by atoms with Crippen molar-refractivity contribution in [1.82, 2.24) is 5.32 Å². The third-order valence-corrected chi connectivity index (χ3v) is 3.05. The van der Waals surface area contributed by atoms with Gasteiger partial charge in [0.2, 0.25) is 0 Å². The first-order chi connectivity index (χ1) is 8.72. The Hall–Kier alpha value is -1.59. The Morgan fingerprint density at radius 1 is 1.50 bits per heavy atom. The molecular weight excluding hydrogens is 232 g/mol. The summed E-state index contributed by atoms with van der Waals surface area (Å²) in [7, 11) is 0. The maximum atomic E-state index is 12.0. The summed E-state index contributed by atoms with van der Waals surface area (Å²) in [4.78, 5) is 12.0. The van der Waals surface area contributed by atoms with E-state index in [4.69, 9.17) is 5.11 Å². The van der Waals surface area contributed by atoms with Crippen LogP contribution in [-0.2, 0) is 6.42 Å². The summed E-state index contributed by atoms with van der Waals surface area (Å²) in [6, 6.07) is 5.59. The number of fused-ring (bicyclic) bond motifs is 1. The number of benzene rings is 1. The van der Waals surface area contributed by atoms with Gasteiger partial charge in [0.15, 0.2) is 0 Å². The number of rotatable bonds is 4. The molecular formula is C13H18N2O3. The minimum Gasteiger partial charge on any atom is -0.394 e. The molecule has 5 nitrogen and oxygen atoms in total. The summed E-state index contributed by atoms with van der Waals surface area (Å²) in [6.07, 6.45) is 0.983. The van der Waals surface area contributed by atoms with E-state index in [0.29, 0.717) is 5.56 Å². The number of amides is 1. The van der Waals surface area contributed by atoms with E-state index in [1.54, 1.807) is 6.07 Å². The van der Waals surface area contributed by atoms with Gasteiger partial charge in [-0.25, -0.2) is 0 Å². The van der Waals surface area contributed by atoms with Gasteiger partial charge in [0, 0.05) is 24.3 Å². The molecule has 0 aliphatic carbocycles. The summed E-state index contributed by atoms with van der Waals surface area (Å²) in [5.41, 5.74) is 2.68. The minimum atomic E-state index is -0.911. The van der Waals surface area contributed by atoms with Crippen LogP contribution in [0.25, 0.3) is 0 Å². The highest BCUT2D eigenvalue weighted by Crippen LogP contribution is 2.25. The molecule has 1 aliphatic rings. The van der Waals surface area contributed by atoms with Crippen LogP contribution < -0.4 is 10.6 Å². The second kappa shape index (κ2) is 5.84. The van der Waals surface area contributed by atoms with Gasteiger partial charge in [-0.1, -0.05) is 6.07 Å². The second-order valence-electron chi connectivity index (χ2n) is 4.41. The summed E-state index contributed by atoms with van der Waals surface area (Å²) >= 11 is 0. The molecule has 1 amide bonds. The van der Waals surface area contributed by atoms with Gasteiger partial charge in [-0.05, 0) is 30.5 Å². The van der Waals surface area contributed by atoms with E-state index >= 15 is 0 Å². The quantitative estimate of drug-likeness (QED) is 0.612. The van der Waals surface area contributed by atoms with Crippen molar-refractivity contribution >= 4 is 11.6 Å². The van der Waals surface area contributed by atoms with Crippen molar-refractivity contribution in [2.75, 3.05) is 25.0 Å². The summed E-state index contributed by atoms with van der Waals surface area (Å²) in [5, 5.41) is 23.8. The predicted molar refractivity (Wildman–Crippen MR) is 68.7 cm³/mol. The number of aliphatic hydroxyl groups is 2. The number of hydrogen-bond donors (Lipinski definition) is 4. The van der Waals surface area contributed by atoms with Gasteiger partial charge in [-0.3, -0.25) is 4.79 Å². The zero-order valence-electron chi connectivity index (χ0n) is 10.1. The van der Waals surface area contributed by atoms with Crippen molar-refractivity contribution in [1.29, 1.82) is 0 Å². The normalized spacial score (nSPS) is 15.4. The van der Waals surface area contributed by atoms with Gasteiger partial charge in [-0.2, -0.15) is 0 Å². The number of carbonyl (C=O) groups is 1. The van der Waals surface area contributed by atoms with Crippen molar-refractivity contribution in [3.8, 4) is 0 Å². The topological polar surface area (TPSA) is 81.6 Å². The SMILES string of the molecule is O=C(NCC(O)CO)c1cccc2c1CCCN2. The summed E-state index contributed by atoms with van der Waals surface area (Å²) in [6.45, 7) is 0.641. The molecule has 1 atom stereocenters. The van der Waals surface area contributed by atoms with Crippen LogP contribution in [0.15, 0.2) is 18.2 Å². The molecule has 18 heavy (non-hydrogen) atoms. The number of aliphatic hydroxyl groups excluding tert-OH is 2. The van der Waals surface area contributed by atoms with Crippen LogP contribution >= 0.6 is 0 Å². The third-order valence-electron chi connectivity index (χ3n) is 3.05. The number of carbonyl (C=O) groups excluding carboxylic acids is 1. The maximum absolute atomic E-state index is 12.0. The van der Waals surface area contributed by atoms with Crippen LogP contribution in [0.4, 0.5) is 5.69 Å². The lowest BCUT2D eigenvalue weighted by Gasteiger charge is -2.20. The zero-order valence-corrected chi connectivity index (χ0v) is 10.1. The van der Waals surface area contributed by atoms with Crippen LogP contribution in [0.1, 0.15) is 22.3 Å². The molecule has 1 unspecified atom stereocenters. The van der Waals surface area contributed by atoms with Crippen LogP contribution in [0.3, 0.4) is 0 Å². The second-order valence-corrected chi connectivity index (χ2v) is 4.41. The highest BCUT2D eigenvalue weighted by molar-refractivity contribution is 5.97. The van der Waals surface area contributed by atoms with Crippen LogP contribution in [0.2, 0.25) is 0 Å². The Morgan fingerprint density at radius 3 is 3.11 bits per heavy atom. The Balaban J connectivity index is 2.10. The van der Waals surface area contributed by atoms with E-state index in [0.717, 1.165) is 30.6 Å².